The number of para-hydroxylation sites is 2. The maximum atomic E-state index is 5.87. The van der Waals surface area contributed by atoms with Crippen LogP contribution in [0.4, 0.5) is 0 Å². The molecule has 0 fully saturated rings. The summed E-state index contributed by atoms with van der Waals surface area (Å²) in [6, 6.07) is 7.67. The van der Waals surface area contributed by atoms with Crippen molar-refractivity contribution in [2.45, 2.75) is 19.1 Å². The summed E-state index contributed by atoms with van der Waals surface area (Å²) in [5, 5.41) is 8.11. The van der Waals surface area contributed by atoms with Gasteiger partial charge in [0.15, 0.2) is 17.6 Å². The molecule has 1 aromatic carbocycles. The molecule has 1 aliphatic rings. The van der Waals surface area contributed by atoms with Gasteiger partial charge in [0.1, 0.15) is 6.61 Å². The van der Waals surface area contributed by atoms with E-state index in [0.717, 1.165) is 23.6 Å². The molecule has 0 saturated carbocycles. The Hall–Kier alpha value is -2.08. The molecule has 1 aliphatic heterocycles. The van der Waals surface area contributed by atoms with Gasteiger partial charge in [0.2, 0.25) is 0 Å². The van der Waals surface area contributed by atoms with Crippen molar-refractivity contribution in [1.82, 2.24) is 15.0 Å². The number of nitrogens with two attached hydrogens (primary N) is 1. The monoisotopic (exact) mass is 260 g/mol. The first kappa shape index (κ1) is 12.0. The molecule has 1 unspecified atom stereocenters. The first-order chi connectivity index (χ1) is 9.35. The predicted molar refractivity (Wildman–Crippen MR) is 69.1 cm³/mol. The van der Waals surface area contributed by atoms with Gasteiger partial charge in [0.25, 0.3) is 0 Å². The van der Waals surface area contributed by atoms with Crippen molar-refractivity contribution in [2.24, 2.45) is 5.73 Å². The van der Waals surface area contributed by atoms with Crippen LogP contribution in [0.2, 0.25) is 0 Å². The zero-order valence-electron chi connectivity index (χ0n) is 10.5. The second-order valence-electron chi connectivity index (χ2n) is 4.47. The summed E-state index contributed by atoms with van der Waals surface area (Å²) < 4.78 is 13.3. The number of fused-ring (bicyclic) bond motifs is 1. The Morgan fingerprint density at radius 3 is 3.00 bits per heavy atom. The molecule has 2 aromatic rings. The quantitative estimate of drug-likeness (QED) is 0.872. The Kier molecular flexibility index (Phi) is 3.33. The van der Waals surface area contributed by atoms with Gasteiger partial charge in [-0.3, -0.25) is 0 Å². The van der Waals surface area contributed by atoms with Crippen LogP contribution in [0.5, 0.6) is 11.5 Å². The largest absolute Gasteiger partial charge is 0.486 e. The lowest BCUT2D eigenvalue weighted by Crippen LogP contribution is -2.33. The van der Waals surface area contributed by atoms with Gasteiger partial charge < -0.3 is 15.2 Å². The van der Waals surface area contributed by atoms with Crippen LogP contribution in [0.15, 0.2) is 30.5 Å². The van der Waals surface area contributed by atoms with Crippen LogP contribution in [0.1, 0.15) is 5.69 Å². The molecule has 6 nitrogen and oxygen atoms in total. The zero-order chi connectivity index (χ0) is 13.1. The van der Waals surface area contributed by atoms with E-state index in [9.17, 15) is 0 Å². The van der Waals surface area contributed by atoms with Crippen molar-refractivity contribution in [2.75, 3.05) is 13.2 Å². The van der Waals surface area contributed by atoms with Gasteiger partial charge in [-0.05, 0) is 18.7 Å². The highest BCUT2D eigenvalue weighted by atomic mass is 16.6. The van der Waals surface area contributed by atoms with Gasteiger partial charge >= 0.3 is 0 Å². The van der Waals surface area contributed by atoms with Crippen LogP contribution < -0.4 is 15.2 Å². The average Bonchev–Trinajstić information content (AvgIpc) is 2.86. The third-order valence-corrected chi connectivity index (χ3v) is 2.94. The Morgan fingerprint density at radius 1 is 1.32 bits per heavy atom. The van der Waals surface area contributed by atoms with E-state index < -0.39 is 0 Å². The Bertz CT molecular complexity index is 555. The van der Waals surface area contributed by atoms with E-state index in [0.29, 0.717) is 19.7 Å². The lowest BCUT2D eigenvalue weighted by Gasteiger charge is -2.26. The van der Waals surface area contributed by atoms with Crippen LogP contribution in [0.25, 0.3) is 0 Å². The van der Waals surface area contributed by atoms with E-state index in [1.165, 1.54) is 0 Å². The van der Waals surface area contributed by atoms with Gasteiger partial charge in [0.05, 0.1) is 12.2 Å². The molecule has 2 heterocycles. The summed E-state index contributed by atoms with van der Waals surface area (Å²) in [7, 11) is 0. The number of aromatic nitrogens is 3. The molecule has 1 atom stereocenters. The summed E-state index contributed by atoms with van der Waals surface area (Å²) in [5.41, 5.74) is 6.39. The summed E-state index contributed by atoms with van der Waals surface area (Å²) >= 11 is 0. The molecule has 0 radical (unpaired) electrons. The van der Waals surface area contributed by atoms with E-state index >= 15 is 0 Å². The van der Waals surface area contributed by atoms with Gasteiger partial charge in [-0.15, -0.1) is 5.10 Å². The van der Waals surface area contributed by atoms with Crippen LogP contribution >= 0.6 is 0 Å². The highest BCUT2D eigenvalue weighted by Gasteiger charge is 2.21. The molecule has 3 rings (SSSR count). The van der Waals surface area contributed by atoms with E-state index in [1.807, 2.05) is 30.5 Å². The smallest absolute Gasteiger partial charge is 0.161 e. The third kappa shape index (κ3) is 2.68. The van der Waals surface area contributed by atoms with Crippen molar-refractivity contribution >= 4 is 0 Å². The lowest BCUT2D eigenvalue weighted by atomic mass is 10.2. The SMILES string of the molecule is NCCc1cn(CC2COc3ccccc3O2)nn1. The molecule has 0 aliphatic carbocycles. The molecule has 100 valence electrons. The van der Waals surface area contributed by atoms with Crippen molar-refractivity contribution < 1.29 is 9.47 Å². The number of rotatable bonds is 4. The molecule has 6 heteroatoms. The van der Waals surface area contributed by atoms with Crippen molar-refractivity contribution in [3.63, 3.8) is 0 Å². The average molecular weight is 260 g/mol. The molecular formula is C13H16N4O2. The number of nitrogens with zero attached hydrogens (tertiary/aromatic N) is 3. The fourth-order valence-electron chi connectivity index (χ4n) is 2.05. The molecule has 2 N–H and O–H groups in total. The van der Waals surface area contributed by atoms with Crippen molar-refractivity contribution in [1.29, 1.82) is 0 Å². The summed E-state index contributed by atoms with van der Waals surface area (Å²) in [4.78, 5) is 0. The number of benzene rings is 1. The molecule has 0 bridgehead atoms. The van der Waals surface area contributed by atoms with E-state index in [-0.39, 0.29) is 6.10 Å². The topological polar surface area (TPSA) is 75.2 Å². The van der Waals surface area contributed by atoms with Crippen LogP contribution in [-0.4, -0.2) is 34.2 Å². The molecule has 0 amide bonds. The minimum absolute atomic E-state index is 0.0534. The molecule has 0 spiro atoms. The maximum absolute atomic E-state index is 5.87. The first-order valence-electron chi connectivity index (χ1n) is 6.32. The van der Waals surface area contributed by atoms with Gasteiger partial charge in [-0.25, -0.2) is 4.68 Å². The zero-order valence-corrected chi connectivity index (χ0v) is 10.5. The molecule has 1 aromatic heterocycles. The predicted octanol–water partition coefficient (Wildman–Crippen LogP) is 0.619. The normalized spacial score (nSPS) is 17.4. The standard InChI is InChI=1S/C13H16N4O2/c14-6-5-10-7-17(16-15-10)8-11-9-18-12-3-1-2-4-13(12)19-11/h1-4,7,11H,5-6,8-9,14H2. The first-order valence-corrected chi connectivity index (χ1v) is 6.32. The van der Waals surface area contributed by atoms with Gasteiger partial charge in [-0.2, -0.15) is 0 Å². The van der Waals surface area contributed by atoms with E-state index in [4.69, 9.17) is 15.2 Å². The van der Waals surface area contributed by atoms with Gasteiger partial charge in [0, 0.05) is 12.6 Å². The van der Waals surface area contributed by atoms with E-state index in [1.54, 1.807) is 4.68 Å². The van der Waals surface area contributed by atoms with Crippen molar-refractivity contribution in [3.8, 4) is 11.5 Å². The molecule has 0 saturated heterocycles. The summed E-state index contributed by atoms with van der Waals surface area (Å²) in [6.07, 6.45) is 2.59. The van der Waals surface area contributed by atoms with Gasteiger partial charge in [-0.1, -0.05) is 17.3 Å². The Labute approximate surface area is 111 Å². The lowest BCUT2D eigenvalue weighted by molar-refractivity contribution is 0.0755. The fraction of sp³-hybridized carbons (Fsp3) is 0.385. The van der Waals surface area contributed by atoms with Crippen LogP contribution in [0.3, 0.4) is 0 Å². The minimum atomic E-state index is -0.0534. The van der Waals surface area contributed by atoms with Crippen LogP contribution in [-0.2, 0) is 13.0 Å². The summed E-state index contributed by atoms with van der Waals surface area (Å²) in [5.74, 6) is 1.57. The Morgan fingerprint density at radius 2 is 2.16 bits per heavy atom. The molecule has 19 heavy (non-hydrogen) atoms. The third-order valence-electron chi connectivity index (χ3n) is 2.94. The number of hydrogen-bond acceptors (Lipinski definition) is 5. The van der Waals surface area contributed by atoms with Crippen molar-refractivity contribution in [3.05, 3.63) is 36.2 Å². The second kappa shape index (κ2) is 5.27. The number of ether oxygens (including phenoxy) is 2. The summed E-state index contributed by atoms with van der Waals surface area (Å²) in [6.45, 7) is 1.71. The number of hydrogen-bond donors (Lipinski definition) is 1. The molecular weight excluding hydrogens is 244 g/mol. The highest BCUT2D eigenvalue weighted by molar-refractivity contribution is 5.40. The highest BCUT2D eigenvalue weighted by Crippen LogP contribution is 2.31. The maximum Gasteiger partial charge on any atom is 0.161 e. The second-order valence-corrected chi connectivity index (χ2v) is 4.47. The minimum Gasteiger partial charge on any atom is -0.486 e. The van der Waals surface area contributed by atoms with E-state index in [2.05, 4.69) is 10.3 Å². The van der Waals surface area contributed by atoms with Crippen LogP contribution in [0, 0.1) is 0 Å². The Balaban J connectivity index is 1.65. The fourth-order valence-corrected chi connectivity index (χ4v) is 2.05.